The van der Waals surface area contributed by atoms with Crippen LogP contribution in [0.5, 0.6) is 0 Å². The highest BCUT2D eigenvalue weighted by atomic mass is 28.4. The summed E-state index contributed by atoms with van der Waals surface area (Å²) in [5.74, 6) is -0.681. The van der Waals surface area contributed by atoms with E-state index in [1.54, 1.807) is 12.0 Å². The first-order valence-corrected chi connectivity index (χ1v) is 45.9. The second kappa shape index (κ2) is 32.1. The zero-order valence-corrected chi connectivity index (χ0v) is 67.8. The summed E-state index contributed by atoms with van der Waals surface area (Å²) in [6.07, 6.45) is 5.63. The van der Waals surface area contributed by atoms with Crippen molar-refractivity contribution >= 4 is 57.6 Å². The third-order valence-electron chi connectivity index (χ3n) is 25.7. The van der Waals surface area contributed by atoms with Crippen molar-refractivity contribution in [3.8, 4) is 0 Å². The van der Waals surface area contributed by atoms with Crippen LogP contribution in [0.1, 0.15) is 173 Å². The standard InChI is InChI=1S/C86H123NO14Si3/c1-17-102(18-2,19-3)101-63-41-40-60-47-57(5)72(93-60)44-42-61-46-56(4)58(6)74(94-61)52-76-69(78(92-16)77(96-76)51-64-55-87(86(14,15)99-64)82(89)100-83(7,8)9)49-59(88)48-62-43-45-73-79(95-62)71(54-85(12,13)104(91,67-36-28-22-29-37-67)68-38-30-23-31-39-68)81-80(97-73)70(75(50-63)98-81)53-84(10,11)103(90,65-32-24-20-25-33-65)66-34-26-21-27-35-66/h20-41,56,60-64,69-81,90-91H,5-6,17-19,42-55H2,1-4,7-16H3/b41-40+/t56-,60?,61+,62?,63?,64+,69+,70?,71+,72+,73?,74?,75-,76+,77-,78-,79-,80+,81+/m1/s1. The fourth-order valence-electron chi connectivity index (χ4n) is 19.8. The minimum atomic E-state index is -3.68. The molecule has 0 radical (unpaired) electrons. The van der Waals surface area contributed by atoms with Crippen molar-refractivity contribution in [1.82, 2.24) is 4.90 Å². The zero-order chi connectivity index (χ0) is 74.3. The normalized spacial score (nSPS) is 33.5. The molecule has 15 nitrogen and oxygen atoms in total. The smallest absolute Gasteiger partial charge is 0.412 e. The third kappa shape index (κ3) is 16.4. The highest BCUT2D eigenvalue weighted by Crippen LogP contribution is 2.56. The van der Waals surface area contributed by atoms with E-state index >= 15 is 4.79 Å². The summed E-state index contributed by atoms with van der Waals surface area (Å²) >= 11 is 0. The van der Waals surface area contributed by atoms with Crippen LogP contribution in [0.2, 0.25) is 28.2 Å². The van der Waals surface area contributed by atoms with Gasteiger partial charge in [-0.25, -0.2) is 4.79 Å². The molecule has 7 fully saturated rings. The maximum Gasteiger partial charge on any atom is 0.412 e. The Kier molecular flexibility index (Phi) is 24.3. The lowest BCUT2D eigenvalue weighted by atomic mass is 9.74. The van der Waals surface area contributed by atoms with Gasteiger partial charge in [0.15, 0.2) is 8.32 Å². The Morgan fingerprint density at radius 3 is 1.69 bits per heavy atom. The fourth-order valence-corrected chi connectivity index (χ4v) is 30.2. The van der Waals surface area contributed by atoms with Crippen LogP contribution in [0, 0.1) is 23.7 Å². The lowest BCUT2D eigenvalue weighted by molar-refractivity contribution is -0.242. The molecule has 2 N–H and O–H groups in total. The van der Waals surface area contributed by atoms with E-state index in [2.05, 4.69) is 129 Å². The first-order valence-electron chi connectivity index (χ1n) is 39.5. The van der Waals surface area contributed by atoms with Crippen molar-refractivity contribution in [1.29, 1.82) is 0 Å². The largest absolute Gasteiger partial charge is 0.444 e. The predicted molar refractivity (Wildman–Crippen MR) is 417 cm³/mol. The molecule has 8 heterocycles. The van der Waals surface area contributed by atoms with Gasteiger partial charge < -0.3 is 56.6 Å². The number of methoxy groups -OCH3 is 1. The zero-order valence-electron chi connectivity index (χ0n) is 64.8. The predicted octanol–water partition coefficient (Wildman–Crippen LogP) is 14.2. The van der Waals surface area contributed by atoms with Crippen LogP contribution < -0.4 is 20.7 Å². The first-order chi connectivity index (χ1) is 49.4. The molecule has 18 heteroatoms. The van der Waals surface area contributed by atoms with Gasteiger partial charge in [-0.05, 0) is 146 Å². The van der Waals surface area contributed by atoms with Crippen molar-refractivity contribution in [2.75, 3.05) is 13.7 Å². The number of benzene rings is 4. The number of ether oxygens (including phenoxy) is 9. The second-order valence-corrected chi connectivity index (χ2v) is 47.4. The van der Waals surface area contributed by atoms with Gasteiger partial charge in [-0.1, -0.05) is 202 Å². The van der Waals surface area contributed by atoms with Crippen LogP contribution in [0.4, 0.5) is 4.79 Å². The molecule has 0 aliphatic carbocycles. The van der Waals surface area contributed by atoms with E-state index in [9.17, 15) is 14.4 Å². The molecule has 6 unspecified atom stereocenters. The number of nitrogens with zero attached hydrogens (tertiary/aromatic N) is 1. The van der Waals surface area contributed by atoms with E-state index < -0.39 is 107 Å². The number of ketones is 1. The molecule has 104 heavy (non-hydrogen) atoms. The van der Waals surface area contributed by atoms with Gasteiger partial charge >= 0.3 is 6.09 Å². The number of hydrogen-bond donors (Lipinski definition) is 2. The lowest BCUT2D eigenvalue weighted by Gasteiger charge is -2.52. The average Bonchev–Trinajstić information content (AvgIpc) is 1.48. The Labute approximate surface area is 624 Å². The van der Waals surface area contributed by atoms with Crippen molar-refractivity contribution < 1.29 is 66.2 Å². The highest BCUT2D eigenvalue weighted by Gasteiger charge is 2.63. The third-order valence-corrected chi connectivity index (χ3v) is 39.3. The highest BCUT2D eigenvalue weighted by molar-refractivity contribution is 6.99. The SMILES string of the molecule is C=C1C2C[C@@H]3O[C@H](C[C@H]4CN(C(=O)OC(C)(C)C)C(C)(C)O4)[C@H](OC)[C@H]3CC(=O)CC3CCC4O[C@H]5C(CC(C)(C)[Si](O)(c6ccccc6)c6ccccc6)[C@@H](CC(O[Si](CC)(CC)CC)/C=C/C6CC(=C)[C@H](CC[C@@H](C[C@H]1C)O2)O6)O[C@H]5[C@@H](CC(C)(C)[Si](O)(c1ccccc1)c1ccccc1)[C@H]4O3. The summed E-state index contributed by atoms with van der Waals surface area (Å²) in [6.45, 7) is 37.2. The lowest BCUT2D eigenvalue weighted by Crippen LogP contribution is -2.67. The maximum absolute atomic E-state index is 15.6. The minimum absolute atomic E-state index is 0.0543. The molecule has 4 aromatic rings. The molecule has 12 rings (SSSR count). The van der Waals surface area contributed by atoms with Crippen LogP contribution in [0.15, 0.2) is 158 Å². The van der Waals surface area contributed by atoms with Crippen LogP contribution in [0.3, 0.4) is 0 Å². The Morgan fingerprint density at radius 2 is 1.14 bits per heavy atom. The summed E-state index contributed by atoms with van der Waals surface area (Å²) in [4.78, 5) is 59.2. The number of amides is 1. The molecule has 8 bridgehead atoms. The van der Waals surface area contributed by atoms with E-state index in [1.165, 1.54) is 0 Å². The number of Topliss-reactive ketones (excluding diaryl/α,β-unsaturated/α-hetero) is 1. The molecule has 8 aliphatic rings. The molecular weight excluding hydrogens is 1360 g/mol. The topological polar surface area (TPSA) is 170 Å². The number of fused-ring (bicyclic) bond motifs is 7. The van der Waals surface area contributed by atoms with E-state index in [0.29, 0.717) is 57.9 Å². The summed E-state index contributed by atoms with van der Waals surface area (Å²) in [7, 11) is -7.90. The van der Waals surface area contributed by atoms with Crippen LogP contribution >= 0.6 is 0 Å². The second-order valence-electron chi connectivity index (χ2n) is 34.8. The van der Waals surface area contributed by atoms with Gasteiger partial charge in [-0.2, -0.15) is 0 Å². The molecule has 19 atom stereocenters. The molecule has 1 amide bonds. The average molecular weight is 1480 g/mol. The molecule has 568 valence electrons. The first kappa shape index (κ1) is 78.8. The van der Waals surface area contributed by atoms with Crippen LogP contribution in [-0.2, 0) is 51.9 Å². The quantitative estimate of drug-likeness (QED) is 0.0712. The molecular formula is C86H123NO14Si3. The molecule has 8 aliphatic heterocycles. The Hall–Kier alpha value is -4.75. The summed E-state index contributed by atoms with van der Waals surface area (Å²) in [5.41, 5.74) is 0.458. The van der Waals surface area contributed by atoms with Gasteiger partial charge in [0.25, 0.3) is 16.6 Å². The van der Waals surface area contributed by atoms with Crippen molar-refractivity contribution in [2.24, 2.45) is 23.7 Å². The van der Waals surface area contributed by atoms with E-state index in [4.69, 9.17) is 47.1 Å². The van der Waals surface area contributed by atoms with Crippen LogP contribution in [-0.4, -0.2) is 168 Å². The molecule has 7 saturated heterocycles. The van der Waals surface area contributed by atoms with Gasteiger partial charge in [0.2, 0.25) is 0 Å². The summed E-state index contributed by atoms with van der Waals surface area (Å²) < 4.78 is 71.9. The van der Waals surface area contributed by atoms with Gasteiger partial charge in [-0.3, -0.25) is 9.69 Å². The van der Waals surface area contributed by atoms with Crippen LogP contribution in [0.25, 0.3) is 0 Å². The van der Waals surface area contributed by atoms with E-state index in [1.807, 2.05) is 107 Å². The van der Waals surface area contributed by atoms with E-state index in [0.717, 1.165) is 69.3 Å². The summed E-state index contributed by atoms with van der Waals surface area (Å²) in [6, 6.07) is 44.1. The van der Waals surface area contributed by atoms with Gasteiger partial charge in [0.1, 0.15) is 17.1 Å². The van der Waals surface area contributed by atoms with Crippen molar-refractivity contribution in [2.45, 2.75) is 305 Å². The monoisotopic (exact) mass is 1480 g/mol. The molecule has 0 saturated carbocycles. The van der Waals surface area contributed by atoms with Crippen molar-refractivity contribution in [3.63, 3.8) is 0 Å². The van der Waals surface area contributed by atoms with Gasteiger partial charge in [-0.15, -0.1) is 0 Å². The Morgan fingerprint density at radius 1 is 0.606 bits per heavy atom. The molecule has 0 spiro atoms. The number of hydrogen-bond acceptors (Lipinski definition) is 14. The number of carbonyl (C=O) groups excluding carboxylic acids is 2. The van der Waals surface area contributed by atoms with Gasteiger partial charge in [0.05, 0.1) is 98.1 Å². The number of rotatable bonds is 18. The maximum atomic E-state index is 15.6. The summed E-state index contributed by atoms with van der Waals surface area (Å²) in [5, 5.41) is 2.32. The fraction of sp³-hybridized carbons (Fsp3) is 0.628. The van der Waals surface area contributed by atoms with E-state index in [-0.39, 0.29) is 78.9 Å². The molecule has 4 aromatic carbocycles. The Balaban J connectivity index is 0.950. The minimum Gasteiger partial charge on any atom is -0.444 e. The number of carbonyl (C=O) groups is 2. The molecule has 0 aromatic heterocycles. The van der Waals surface area contributed by atoms with Crippen molar-refractivity contribution in [3.05, 3.63) is 158 Å². The van der Waals surface area contributed by atoms with Gasteiger partial charge in [0, 0.05) is 63.4 Å². The Bertz CT molecular complexity index is 3500.